The Hall–Kier alpha value is -1.41. The van der Waals surface area contributed by atoms with E-state index in [2.05, 4.69) is 15.9 Å². The highest BCUT2D eigenvalue weighted by atomic mass is 79.9. The van der Waals surface area contributed by atoms with E-state index in [4.69, 9.17) is 5.26 Å². The normalized spacial score (nSPS) is 10.3. The van der Waals surface area contributed by atoms with Gasteiger partial charge in [0, 0.05) is 17.6 Å². The Morgan fingerprint density at radius 1 is 1.53 bits per heavy atom. The summed E-state index contributed by atoms with van der Waals surface area (Å²) in [6, 6.07) is 6.02. The Bertz CT molecular complexity index is 497. The van der Waals surface area contributed by atoms with Gasteiger partial charge in [-0.05, 0) is 40.0 Å². The van der Waals surface area contributed by atoms with E-state index in [-0.39, 0.29) is 12.3 Å². The minimum atomic E-state index is -0.393. The summed E-state index contributed by atoms with van der Waals surface area (Å²) in [6.45, 7) is 4.97. The molecule has 0 aliphatic heterocycles. The highest BCUT2D eigenvalue weighted by Gasteiger charge is 2.19. The monoisotopic (exact) mass is 326 g/mol. The fraction of sp³-hybridized carbons (Fsp3) is 0.429. The molecule has 0 fully saturated rings. The summed E-state index contributed by atoms with van der Waals surface area (Å²) in [5.74, 6) is -0.270. The van der Waals surface area contributed by atoms with E-state index >= 15 is 0 Å². The van der Waals surface area contributed by atoms with E-state index < -0.39 is 5.82 Å². The molecule has 0 N–H and O–H groups in total. The molecule has 1 amide bonds. The van der Waals surface area contributed by atoms with Gasteiger partial charge in [-0.25, -0.2) is 4.39 Å². The van der Waals surface area contributed by atoms with E-state index in [0.717, 1.165) is 0 Å². The molecule has 0 saturated carbocycles. The summed E-state index contributed by atoms with van der Waals surface area (Å²) in [6.07, 6.45) is 0.289. The Labute approximate surface area is 121 Å². The molecule has 0 heterocycles. The van der Waals surface area contributed by atoms with Crippen LogP contribution >= 0.6 is 15.9 Å². The van der Waals surface area contributed by atoms with Crippen LogP contribution in [0.15, 0.2) is 22.7 Å². The standard InChI is InChI=1S/C14H16BrFN2O/c1-10(2)9-18(7-3-6-17)14(19)12-5-4-11(16)8-13(12)15/h4-5,8,10H,3,7,9H2,1-2H3. The molecule has 0 aromatic heterocycles. The maximum atomic E-state index is 13.0. The highest BCUT2D eigenvalue weighted by molar-refractivity contribution is 9.10. The third-order valence-corrected chi connectivity index (χ3v) is 3.18. The molecule has 0 radical (unpaired) electrons. The second-order valence-electron chi connectivity index (χ2n) is 4.68. The second kappa shape index (κ2) is 7.25. The smallest absolute Gasteiger partial charge is 0.255 e. The van der Waals surface area contributed by atoms with Crippen molar-refractivity contribution in [1.29, 1.82) is 5.26 Å². The van der Waals surface area contributed by atoms with Crippen LogP contribution < -0.4 is 0 Å². The largest absolute Gasteiger partial charge is 0.337 e. The van der Waals surface area contributed by atoms with Gasteiger partial charge in [-0.1, -0.05) is 13.8 Å². The van der Waals surface area contributed by atoms with E-state index in [9.17, 15) is 9.18 Å². The number of nitriles is 1. The van der Waals surface area contributed by atoms with Gasteiger partial charge in [-0.3, -0.25) is 4.79 Å². The number of nitrogens with zero attached hydrogens (tertiary/aromatic N) is 2. The molecular formula is C14H16BrFN2O. The van der Waals surface area contributed by atoms with Gasteiger partial charge in [0.15, 0.2) is 0 Å². The predicted molar refractivity (Wildman–Crippen MR) is 75.1 cm³/mol. The van der Waals surface area contributed by atoms with Crippen LogP contribution in [0.2, 0.25) is 0 Å². The number of carbonyl (C=O) groups excluding carboxylic acids is 1. The zero-order valence-electron chi connectivity index (χ0n) is 11.0. The van der Waals surface area contributed by atoms with Gasteiger partial charge in [0.2, 0.25) is 0 Å². The summed E-state index contributed by atoms with van der Waals surface area (Å²) in [5, 5.41) is 8.65. The topological polar surface area (TPSA) is 44.1 Å². The van der Waals surface area contributed by atoms with Crippen molar-refractivity contribution in [2.75, 3.05) is 13.1 Å². The molecule has 5 heteroatoms. The van der Waals surface area contributed by atoms with Crippen molar-refractivity contribution in [3.05, 3.63) is 34.1 Å². The Kier molecular flexibility index (Phi) is 5.97. The number of hydrogen-bond donors (Lipinski definition) is 0. The van der Waals surface area contributed by atoms with Crippen LogP contribution in [-0.2, 0) is 0 Å². The fourth-order valence-electron chi connectivity index (χ4n) is 1.73. The lowest BCUT2D eigenvalue weighted by atomic mass is 10.1. The maximum Gasteiger partial charge on any atom is 0.255 e. The van der Waals surface area contributed by atoms with Crippen LogP contribution in [0, 0.1) is 23.1 Å². The van der Waals surface area contributed by atoms with Crippen LogP contribution in [0.5, 0.6) is 0 Å². The van der Waals surface area contributed by atoms with Crippen molar-refractivity contribution < 1.29 is 9.18 Å². The molecular weight excluding hydrogens is 311 g/mol. The zero-order valence-corrected chi connectivity index (χ0v) is 12.6. The van der Waals surface area contributed by atoms with Crippen molar-refractivity contribution in [1.82, 2.24) is 4.90 Å². The van der Waals surface area contributed by atoms with E-state index in [0.29, 0.717) is 29.0 Å². The van der Waals surface area contributed by atoms with E-state index in [1.807, 2.05) is 19.9 Å². The number of benzene rings is 1. The van der Waals surface area contributed by atoms with E-state index in [1.165, 1.54) is 18.2 Å². The number of amides is 1. The lowest BCUT2D eigenvalue weighted by Gasteiger charge is -2.24. The lowest BCUT2D eigenvalue weighted by Crippen LogP contribution is -2.35. The van der Waals surface area contributed by atoms with Crippen LogP contribution in [0.25, 0.3) is 0 Å². The van der Waals surface area contributed by atoms with Crippen LogP contribution in [0.4, 0.5) is 4.39 Å². The molecule has 1 aromatic carbocycles. The highest BCUT2D eigenvalue weighted by Crippen LogP contribution is 2.20. The van der Waals surface area contributed by atoms with Crippen LogP contribution in [0.3, 0.4) is 0 Å². The molecule has 0 aliphatic rings. The molecule has 0 bridgehead atoms. The predicted octanol–water partition coefficient (Wildman–Crippen LogP) is 3.60. The number of halogens is 2. The summed E-state index contributed by atoms with van der Waals surface area (Å²) in [7, 11) is 0. The summed E-state index contributed by atoms with van der Waals surface area (Å²) in [5.41, 5.74) is 0.417. The van der Waals surface area contributed by atoms with Gasteiger partial charge < -0.3 is 4.90 Å². The average molecular weight is 327 g/mol. The quantitative estimate of drug-likeness (QED) is 0.829. The molecule has 19 heavy (non-hydrogen) atoms. The van der Waals surface area contributed by atoms with Crippen molar-refractivity contribution in [3.63, 3.8) is 0 Å². The lowest BCUT2D eigenvalue weighted by molar-refractivity contribution is 0.0739. The first-order chi connectivity index (χ1) is 8.95. The minimum Gasteiger partial charge on any atom is -0.337 e. The Balaban J connectivity index is 2.94. The zero-order chi connectivity index (χ0) is 14.4. The van der Waals surface area contributed by atoms with Crippen molar-refractivity contribution in [2.45, 2.75) is 20.3 Å². The molecule has 0 saturated heterocycles. The minimum absolute atomic E-state index is 0.184. The SMILES string of the molecule is CC(C)CN(CCC#N)C(=O)c1ccc(F)cc1Br. The van der Waals surface area contributed by atoms with E-state index in [1.54, 1.807) is 4.90 Å². The molecule has 3 nitrogen and oxygen atoms in total. The maximum absolute atomic E-state index is 13.0. The van der Waals surface area contributed by atoms with Crippen molar-refractivity contribution in [2.24, 2.45) is 5.92 Å². The fourth-order valence-corrected chi connectivity index (χ4v) is 2.26. The van der Waals surface area contributed by atoms with Crippen LogP contribution in [-0.4, -0.2) is 23.9 Å². The van der Waals surface area contributed by atoms with Crippen molar-refractivity contribution >= 4 is 21.8 Å². The molecule has 0 atom stereocenters. The third-order valence-electron chi connectivity index (χ3n) is 2.53. The van der Waals surface area contributed by atoms with Gasteiger partial charge in [0.05, 0.1) is 18.1 Å². The van der Waals surface area contributed by atoms with Gasteiger partial charge in [0.1, 0.15) is 5.82 Å². The first-order valence-corrected chi connectivity index (χ1v) is 6.86. The molecule has 0 spiro atoms. The van der Waals surface area contributed by atoms with Gasteiger partial charge in [-0.15, -0.1) is 0 Å². The molecule has 0 unspecified atom stereocenters. The summed E-state index contributed by atoms with van der Waals surface area (Å²) >= 11 is 3.20. The number of carbonyl (C=O) groups is 1. The number of rotatable bonds is 5. The Morgan fingerprint density at radius 3 is 2.74 bits per heavy atom. The summed E-state index contributed by atoms with van der Waals surface area (Å²) in [4.78, 5) is 14.0. The van der Waals surface area contributed by atoms with Crippen molar-refractivity contribution in [3.8, 4) is 6.07 Å². The second-order valence-corrected chi connectivity index (χ2v) is 5.53. The molecule has 102 valence electrons. The molecule has 0 aliphatic carbocycles. The molecule has 1 aromatic rings. The average Bonchev–Trinajstić information content (AvgIpc) is 2.33. The van der Waals surface area contributed by atoms with Gasteiger partial charge in [-0.2, -0.15) is 5.26 Å². The third kappa shape index (κ3) is 4.64. The van der Waals surface area contributed by atoms with Gasteiger partial charge in [0.25, 0.3) is 5.91 Å². The van der Waals surface area contributed by atoms with Gasteiger partial charge >= 0.3 is 0 Å². The number of hydrogen-bond acceptors (Lipinski definition) is 2. The first kappa shape index (κ1) is 15.6. The Morgan fingerprint density at radius 2 is 2.21 bits per heavy atom. The van der Waals surface area contributed by atoms with Crippen LogP contribution in [0.1, 0.15) is 30.6 Å². The first-order valence-electron chi connectivity index (χ1n) is 6.07. The summed E-state index contributed by atoms with van der Waals surface area (Å²) < 4.78 is 13.5. The molecule has 1 rings (SSSR count).